The van der Waals surface area contributed by atoms with E-state index in [2.05, 4.69) is 23.0 Å². The number of imidazole rings is 1. The first kappa shape index (κ1) is 15.0. The second-order valence-corrected chi connectivity index (χ2v) is 5.51. The minimum absolute atomic E-state index is 0.269. The van der Waals surface area contributed by atoms with Gasteiger partial charge in [0.25, 0.3) is 0 Å². The minimum atomic E-state index is -0.929. The number of hydrogen-bond donors (Lipinski definition) is 1. The predicted molar refractivity (Wildman–Crippen MR) is 87.4 cm³/mol. The van der Waals surface area contributed by atoms with E-state index in [4.69, 9.17) is 5.11 Å². The van der Waals surface area contributed by atoms with Crippen molar-refractivity contribution in [1.82, 2.24) is 14.5 Å². The molecule has 0 fully saturated rings. The average Bonchev–Trinajstić information content (AvgIpc) is 2.98. The summed E-state index contributed by atoms with van der Waals surface area (Å²) in [7, 11) is 0. The Morgan fingerprint density at radius 2 is 1.91 bits per heavy atom. The van der Waals surface area contributed by atoms with Gasteiger partial charge in [-0.05, 0) is 43.2 Å². The Kier molecular flexibility index (Phi) is 3.93. The summed E-state index contributed by atoms with van der Waals surface area (Å²) < 4.78 is 2.04. The molecule has 0 aliphatic rings. The molecule has 5 nitrogen and oxygen atoms in total. The summed E-state index contributed by atoms with van der Waals surface area (Å²) in [6, 6.07) is 8.81. The fourth-order valence-corrected chi connectivity index (χ4v) is 2.53. The third-order valence-corrected chi connectivity index (χ3v) is 3.80. The molecule has 5 heteroatoms. The van der Waals surface area contributed by atoms with Crippen LogP contribution in [0.5, 0.6) is 0 Å². The van der Waals surface area contributed by atoms with Crippen LogP contribution in [-0.2, 0) is 6.54 Å². The molecule has 23 heavy (non-hydrogen) atoms. The quantitative estimate of drug-likeness (QED) is 0.803. The number of benzene rings is 1. The highest BCUT2D eigenvalue weighted by molar-refractivity contribution is 5.88. The first-order valence-corrected chi connectivity index (χ1v) is 7.31. The van der Waals surface area contributed by atoms with Crippen LogP contribution in [0.1, 0.15) is 27.2 Å². The normalized spacial score (nSPS) is 10.7. The van der Waals surface area contributed by atoms with E-state index in [-0.39, 0.29) is 5.56 Å². The van der Waals surface area contributed by atoms with Crippen molar-refractivity contribution in [3.05, 3.63) is 71.3 Å². The number of aromatic nitrogens is 3. The average molecular weight is 307 g/mol. The van der Waals surface area contributed by atoms with Crippen LogP contribution < -0.4 is 0 Å². The van der Waals surface area contributed by atoms with Crippen LogP contribution in [0.25, 0.3) is 11.4 Å². The number of aryl methyl sites for hydroxylation is 2. The van der Waals surface area contributed by atoms with Gasteiger partial charge in [-0.3, -0.25) is 4.98 Å². The Bertz CT molecular complexity index is 851. The van der Waals surface area contributed by atoms with Crippen LogP contribution in [0.3, 0.4) is 0 Å². The molecule has 116 valence electrons. The molecule has 0 atom stereocenters. The first-order valence-electron chi connectivity index (χ1n) is 7.31. The van der Waals surface area contributed by atoms with Crippen LogP contribution in [0, 0.1) is 13.8 Å². The molecule has 0 radical (unpaired) electrons. The van der Waals surface area contributed by atoms with Gasteiger partial charge in [0.15, 0.2) is 0 Å². The monoisotopic (exact) mass is 307 g/mol. The number of hydrogen-bond acceptors (Lipinski definition) is 3. The van der Waals surface area contributed by atoms with E-state index in [0.717, 1.165) is 22.6 Å². The summed E-state index contributed by atoms with van der Waals surface area (Å²) in [6.45, 7) is 4.72. The van der Waals surface area contributed by atoms with E-state index < -0.39 is 5.97 Å². The van der Waals surface area contributed by atoms with Gasteiger partial charge in [-0.1, -0.05) is 12.1 Å². The summed E-state index contributed by atoms with van der Waals surface area (Å²) in [4.78, 5) is 19.7. The molecule has 3 aromatic rings. The number of carboxylic acids is 1. The summed E-state index contributed by atoms with van der Waals surface area (Å²) in [5.74, 6) is -0.122. The number of carboxylic acid groups (broad SMARTS) is 1. The highest BCUT2D eigenvalue weighted by atomic mass is 16.4. The second kappa shape index (κ2) is 6.04. The summed E-state index contributed by atoms with van der Waals surface area (Å²) in [5, 5.41) is 8.98. The van der Waals surface area contributed by atoms with Gasteiger partial charge in [0.1, 0.15) is 5.82 Å². The second-order valence-electron chi connectivity index (χ2n) is 5.51. The van der Waals surface area contributed by atoms with E-state index >= 15 is 0 Å². The molecule has 1 aromatic carbocycles. The Balaban J connectivity index is 1.91. The maximum absolute atomic E-state index is 10.9. The standard InChI is InChI=1S/C18H17N3O2/c1-12-9-13(2)20-10-16(12)11-21-8-7-19-17(21)14-3-5-15(6-4-14)18(22)23/h3-10H,11H2,1-2H3,(H,22,23). The first-order chi connectivity index (χ1) is 11.0. The Labute approximate surface area is 134 Å². The molecule has 0 unspecified atom stereocenters. The molecule has 0 amide bonds. The van der Waals surface area contributed by atoms with E-state index in [0.29, 0.717) is 6.54 Å². The molecule has 0 bridgehead atoms. The highest BCUT2D eigenvalue weighted by Gasteiger charge is 2.09. The zero-order valence-electron chi connectivity index (χ0n) is 13.0. The van der Waals surface area contributed by atoms with Gasteiger partial charge >= 0.3 is 5.97 Å². The molecule has 1 N–H and O–H groups in total. The molecule has 0 aliphatic heterocycles. The van der Waals surface area contributed by atoms with Crippen LogP contribution in [0.15, 0.2) is 48.9 Å². The van der Waals surface area contributed by atoms with Crippen molar-refractivity contribution in [3.8, 4) is 11.4 Å². The molecule has 3 rings (SSSR count). The van der Waals surface area contributed by atoms with Gasteiger partial charge in [-0.25, -0.2) is 9.78 Å². The lowest BCUT2D eigenvalue weighted by Gasteiger charge is -2.11. The van der Waals surface area contributed by atoms with Crippen molar-refractivity contribution in [3.63, 3.8) is 0 Å². The van der Waals surface area contributed by atoms with Gasteiger partial charge in [0.05, 0.1) is 12.1 Å². The molecule has 2 aromatic heterocycles. The van der Waals surface area contributed by atoms with Gasteiger partial charge in [0, 0.05) is 29.8 Å². The van der Waals surface area contributed by atoms with Crippen molar-refractivity contribution < 1.29 is 9.90 Å². The van der Waals surface area contributed by atoms with E-state index in [1.54, 1.807) is 30.5 Å². The van der Waals surface area contributed by atoms with Crippen LogP contribution >= 0.6 is 0 Å². The number of carbonyl (C=O) groups is 1. The van der Waals surface area contributed by atoms with Crippen molar-refractivity contribution in [2.75, 3.05) is 0 Å². The Morgan fingerprint density at radius 3 is 2.57 bits per heavy atom. The molecular formula is C18H17N3O2. The summed E-state index contributed by atoms with van der Waals surface area (Å²) in [5.41, 5.74) is 4.49. The molecule has 0 saturated carbocycles. The van der Waals surface area contributed by atoms with Crippen molar-refractivity contribution >= 4 is 5.97 Å². The zero-order valence-corrected chi connectivity index (χ0v) is 13.0. The topological polar surface area (TPSA) is 68.0 Å². The van der Waals surface area contributed by atoms with Crippen LogP contribution in [0.2, 0.25) is 0 Å². The lowest BCUT2D eigenvalue weighted by Crippen LogP contribution is -2.04. The fraction of sp³-hybridized carbons (Fsp3) is 0.167. The maximum atomic E-state index is 10.9. The zero-order chi connectivity index (χ0) is 16.4. The van der Waals surface area contributed by atoms with Gasteiger partial charge in [-0.2, -0.15) is 0 Å². The van der Waals surface area contributed by atoms with Crippen molar-refractivity contribution in [2.45, 2.75) is 20.4 Å². The Morgan fingerprint density at radius 1 is 1.17 bits per heavy atom. The summed E-state index contributed by atoms with van der Waals surface area (Å²) >= 11 is 0. The fourth-order valence-electron chi connectivity index (χ4n) is 2.53. The molecular weight excluding hydrogens is 290 g/mol. The van der Waals surface area contributed by atoms with Gasteiger partial charge in [0.2, 0.25) is 0 Å². The lowest BCUT2D eigenvalue weighted by atomic mass is 10.1. The van der Waals surface area contributed by atoms with Crippen molar-refractivity contribution in [1.29, 1.82) is 0 Å². The number of rotatable bonds is 4. The van der Waals surface area contributed by atoms with E-state index in [9.17, 15) is 4.79 Å². The van der Waals surface area contributed by atoms with Gasteiger partial charge < -0.3 is 9.67 Å². The van der Waals surface area contributed by atoms with E-state index in [1.165, 1.54) is 5.56 Å². The van der Waals surface area contributed by atoms with Crippen LogP contribution in [0.4, 0.5) is 0 Å². The number of aromatic carboxylic acids is 1. The Hall–Kier alpha value is -2.95. The number of pyridine rings is 1. The van der Waals surface area contributed by atoms with E-state index in [1.807, 2.05) is 23.9 Å². The molecule has 0 aliphatic carbocycles. The predicted octanol–water partition coefficient (Wildman–Crippen LogP) is 3.31. The largest absolute Gasteiger partial charge is 0.478 e. The maximum Gasteiger partial charge on any atom is 0.335 e. The summed E-state index contributed by atoms with van der Waals surface area (Å²) in [6.07, 6.45) is 5.55. The molecule has 2 heterocycles. The van der Waals surface area contributed by atoms with Gasteiger partial charge in [-0.15, -0.1) is 0 Å². The highest BCUT2D eigenvalue weighted by Crippen LogP contribution is 2.20. The SMILES string of the molecule is Cc1cc(C)c(Cn2ccnc2-c2ccc(C(=O)O)cc2)cn1. The third-order valence-electron chi connectivity index (χ3n) is 3.80. The minimum Gasteiger partial charge on any atom is -0.478 e. The number of nitrogens with zero attached hydrogens (tertiary/aromatic N) is 3. The molecule has 0 saturated heterocycles. The smallest absolute Gasteiger partial charge is 0.335 e. The van der Waals surface area contributed by atoms with Crippen molar-refractivity contribution in [2.24, 2.45) is 0 Å². The van der Waals surface area contributed by atoms with Crippen LogP contribution in [-0.4, -0.2) is 25.6 Å². The molecule has 0 spiro atoms. The lowest BCUT2D eigenvalue weighted by molar-refractivity contribution is 0.0697. The third kappa shape index (κ3) is 3.13.